The summed E-state index contributed by atoms with van der Waals surface area (Å²) in [5.74, 6) is -1.41. The van der Waals surface area contributed by atoms with Crippen molar-refractivity contribution >= 4 is 17.8 Å². The maximum absolute atomic E-state index is 12.2. The van der Waals surface area contributed by atoms with Crippen molar-refractivity contribution in [1.29, 1.82) is 0 Å². The second-order valence-corrected chi connectivity index (χ2v) is 6.05. The summed E-state index contributed by atoms with van der Waals surface area (Å²) in [5.41, 5.74) is 4.15. The Labute approximate surface area is 122 Å². The lowest BCUT2D eigenvalue weighted by atomic mass is 9.91. The minimum atomic E-state index is -1.05. The molecule has 1 unspecified atom stereocenters. The highest BCUT2D eigenvalue weighted by molar-refractivity contribution is 6.00. The van der Waals surface area contributed by atoms with Crippen LogP contribution in [-0.2, 0) is 9.53 Å². The van der Waals surface area contributed by atoms with E-state index in [4.69, 9.17) is 10.5 Å². The van der Waals surface area contributed by atoms with Gasteiger partial charge in [-0.3, -0.25) is 9.59 Å². The third-order valence-corrected chi connectivity index (χ3v) is 3.42. The molecule has 3 N–H and O–H groups in total. The molecule has 112 valence electrons. The lowest BCUT2D eigenvalue weighted by Gasteiger charge is -2.22. The van der Waals surface area contributed by atoms with Crippen LogP contribution in [0.1, 0.15) is 47.9 Å². The number of ether oxygens (including phenoxy) is 1. The first kappa shape index (κ1) is 15.0. The van der Waals surface area contributed by atoms with Crippen LogP contribution < -0.4 is 11.1 Å². The van der Waals surface area contributed by atoms with E-state index in [1.165, 1.54) is 24.3 Å². The Hall–Kier alpha value is -2.37. The molecule has 1 saturated heterocycles. The van der Waals surface area contributed by atoms with Crippen LogP contribution in [0.5, 0.6) is 0 Å². The van der Waals surface area contributed by atoms with Crippen molar-refractivity contribution in [2.45, 2.75) is 38.3 Å². The first-order valence-electron chi connectivity index (χ1n) is 6.59. The Balaban J connectivity index is 2.14. The van der Waals surface area contributed by atoms with Crippen molar-refractivity contribution in [3.63, 3.8) is 0 Å². The van der Waals surface area contributed by atoms with Gasteiger partial charge in [0, 0.05) is 17.5 Å². The number of amides is 2. The van der Waals surface area contributed by atoms with Gasteiger partial charge in [0.1, 0.15) is 11.1 Å². The van der Waals surface area contributed by atoms with Crippen LogP contribution in [-0.4, -0.2) is 28.9 Å². The van der Waals surface area contributed by atoms with Crippen molar-refractivity contribution < 1.29 is 19.1 Å². The smallest absolute Gasteiger partial charge is 0.332 e. The number of benzene rings is 1. The van der Waals surface area contributed by atoms with Gasteiger partial charge >= 0.3 is 5.97 Å². The van der Waals surface area contributed by atoms with Crippen molar-refractivity contribution in [1.82, 2.24) is 5.32 Å². The van der Waals surface area contributed by atoms with Crippen molar-refractivity contribution in [3.05, 3.63) is 35.4 Å². The molecule has 1 aromatic rings. The normalized spacial score (nSPS) is 23.5. The first-order chi connectivity index (χ1) is 9.63. The third-order valence-electron chi connectivity index (χ3n) is 3.42. The minimum absolute atomic E-state index is 0.319. The number of carbonyl (C=O) groups is 3. The molecule has 0 spiro atoms. The zero-order valence-corrected chi connectivity index (χ0v) is 12.2. The van der Waals surface area contributed by atoms with Crippen LogP contribution in [0.4, 0.5) is 0 Å². The molecule has 21 heavy (non-hydrogen) atoms. The largest absolute Gasteiger partial charge is 0.458 e. The van der Waals surface area contributed by atoms with Gasteiger partial charge in [0.2, 0.25) is 5.91 Å². The summed E-state index contributed by atoms with van der Waals surface area (Å²) in [7, 11) is 0. The molecule has 0 radical (unpaired) electrons. The predicted octanol–water partition coefficient (Wildman–Crippen LogP) is 0.999. The van der Waals surface area contributed by atoms with Gasteiger partial charge in [-0.25, -0.2) is 4.79 Å². The molecule has 6 nitrogen and oxygen atoms in total. The van der Waals surface area contributed by atoms with E-state index in [9.17, 15) is 14.4 Å². The number of esters is 1. The summed E-state index contributed by atoms with van der Waals surface area (Å²) in [4.78, 5) is 35.1. The van der Waals surface area contributed by atoms with Gasteiger partial charge in [-0.15, -0.1) is 0 Å². The van der Waals surface area contributed by atoms with Gasteiger partial charge in [-0.05, 0) is 45.0 Å². The van der Waals surface area contributed by atoms with Gasteiger partial charge in [0.25, 0.3) is 5.91 Å². The zero-order valence-electron chi connectivity index (χ0n) is 12.2. The fourth-order valence-electron chi connectivity index (χ4n) is 2.53. The van der Waals surface area contributed by atoms with Crippen LogP contribution in [0.2, 0.25) is 0 Å². The van der Waals surface area contributed by atoms with Gasteiger partial charge < -0.3 is 15.8 Å². The number of rotatable bonds is 3. The molecule has 1 atom stereocenters. The minimum Gasteiger partial charge on any atom is -0.458 e. The molecule has 1 aliphatic heterocycles. The van der Waals surface area contributed by atoms with Gasteiger partial charge in [-0.1, -0.05) is 0 Å². The lowest BCUT2D eigenvalue weighted by molar-refractivity contribution is -0.149. The Morgan fingerprint density at radius 2 is 1.67 bits per heavy atom. The Bertz CT molecular complexity index is 607. The van der Waals surface area contributed by atoms with Crippen LogP contribution in [0.3, 0.4) is 0 Å². The summed E-state index contributed by atoms with van der Waals surface area (Å²) in [5, 5.41) is 2.70. The van der Waals surface area contributed by atoms with Gasteiger partial charge in [0.15, 0.2) is 0 Å². The highest BCUT2D eigenvalue weighted by Crippen LogP contribution is 2.33. The number of hydrogen-bond donors (Lipinski definition) is 2. The lowest BCUT2D eigenvalue weighted by Crippen LogP contribution is -2.49. The Morgan fingerprint density at radius 1 is 1.14 bits per heavy atom. The molecule has 6 heteroatoms. The number of nitrogens with two attached hydrogens (primary N) is 1. The number of cyclic esters (lactones) is 1. The molecule has 1 aliphatic rings. The summed E-state index contributed by atoms with van der Waals surface area (Å²) < 4.78 is 5.24. The average molecular weight is 290 g/mol. The van der Waals surface area contributed by atoms with Crippen molar-refractivity contribution in [2.24, 2.45) is 5.73 Å². The summed E-state index contributed by atoms with van der Waals surface area (Å²) in [6, 6.07) is 5.92. The second-order valence-electron chi connectivity index (χ2n) is 6.05. The molecule has 0 bridgehead atoms. The predicted molar refractivity (Wildman–Crippen MR) is 75.6 cm³/mol. The molecular weight excluding hydrogens is 272 g/mol. The molecule has 0 saturated carbocycles. The first-order valence-corrected chi connectivity index (χ1v) is 6.59. The highest BCUT2D eigenvalue weighted by Gasteiger charge is 2.50. The number of hydrogen-bond acceptors (Lipinski definition) is 4. The Morgan fingerprint density at radius 3 is 2.10 bits per heavy atom. The van der Waals surface area contributed by atoms with E-state index in [-0.39, 0.29) is 0 Å². The maximum Gasteiger partial charge on any atom is 0.332 e. The van der Waals surface area contributed by atoms with Gasteiger partial charge in [0.05, 0.1) is 0 Å². The summed E-state index contributed by atoms with van der Waals surface area (Å²) >= 11 is 0. The zero-order chi connectivity index (χ0) is 15.8. The molecule has 1 fully saturated rings. The SMILES string of the molecule is CC1(C)CC(C)(NC(=O)c2ccc(C(N)=O)cc2)C(=O)O1. The monoisotopic (exact) mass is 290 g/mol. The Kier molecular flexibility index (Phi) is 3.49. The van der Waals surface area contributed by atoms with Crippen LogP contribution in [0.15, 0.2) is 24.3 Å². The van der Waals surface area contributed by atoms with E-state index in [1.54, 1.807) is 20.8 Å². The summed E-state index contributed by atoms with van der Waals surface area (Å²) in [6.45, 7) is 5.23. The fourth-order valence-corrected chi connectivity index (χ4v) is 2.53. The number of carbonyl (C=O) groups excluding carboxylic acids is 3. The summed E-state index contributed by atoms with van der Waals surface area (Å²) in [6.07, 6.45) is 0.393. The van der Waals surface area contributed by atoms with Crippen molar-refractivity contribution in [2.75, 3.05) is 0 Å². The topological polar surface area (TPSA) is 98.5 Å². The van der Waals surface area contributed by atoms with Crippen LogP contribution in [0.25, 0.3) is 0 Å². The second kappa shape index (κ2) is 4.87. The van der Waals surface area contributed by atoms with Crippen LogP contribution in [0, 0.1) is 0 Å². The molecule has 0 aromatic heterocycles. The van der Waals surface area contributed by atoms with E-state index < -0.39 is 28.9 Å². The third kappa shape index (κ3) is 3.04. The quantitative estimate of drug-likeness (QED) is 0.811. The molecule has 0 aliphatic carbocycles. The maximum atomic E-state index is 12.2. The molecule has 2 amide bonds. The van der Waals surface area contributed by atoms with E-state index >= 15 is 0 Å². The number of primary amides is 1. The molecule has 1 aromatic carbocycles. The average Bonchev–Trinajstić information content (AvgIpc) is 2.57. The number of nitrogens with one attached hydrogen (secondary N) is 1. The van der Waals surface area contributed by atoms with Crippen LogP contribution >= 0.6 is 0 Å². The molecule has 2 rings (SSSR count). The highest BCUT2D eigenvalue weighted by atomic mass is 16.6. The molecule has 1 heterocycles. The fraction of sp³-hybridized carbons (Fsp3) is 0.400. The van der Waals surface area contributed by atoms with E-state index in [1.807, 2.05) is 0 Å². The standard InChI is InChI=1S/C15H18N2O4/c1-14(2)8-15(3,13(20)21-14)17-12(19)10-6-4-9(5-7-10)11(16)18/h4-7H,8H2,1-3H3,(H2,16,18)(H,17,19). The van der Waals surface area contributed by atoms with E-state index in [0.717, 1.165) is 0 Å². The van der Waals surface area contributed by atoms with Crippen molar-refractivity contribution in [3.8, 4) is 0 Å². The molecular formula is C15H18N2O4. The van der Waals surface area contributed by atoms with Gasteiger partial charge in [-0.2, -0.15) is 0 Å². The van der Waals surface area contributed by atoms with E-state index in [2.05, 4.69) is 5.32 Å². The van der Waals surface area contributed by atoms with E-state index in [0.29, 0.717) is 17.5 Å².